The molecule has 43 heavy (non-hydrogen) atoms. The summed E-state index contributed by atoms with van der Waals surface area (Å²) in [4.78, 5) is 18.5. The van der Waals surface area contributed by atoms with Gasteiger partial charge in [0.1, 0.15) is 6.04 Å². The van der Waals surface area contributed by atoms with Crippen LogP contribution in [-0.4, -0.2) is 79.6 Å². The Kier molecular flexibility index (Phi) is 12.1. The first kappa shape index (κ1) is 33.0. The largest absolute Gasteiger partial charge is 0.376 e. The first-order chi connectivity index (χ1) is 20.7. The number of hydrazine groups is 1. The van der Waals surface area contributed by atoms with Crippen LogP contribution in [0.4, 0.5) is 0 Å². The van der Waals surface area contributed by atoms with Crippen molar-refractivity contribution in [2.24, 2.45) is 0 Å². The minimum Gasteiger partial charge on any atom is -0.376 e. The van der Waals surface area contributed by atoms with Gasteiger partial charge >= 0.3 is 0 Å². The summed E-state index contributed by atoms with van der Waals surface area (Å²) in [6.07, 6.45) is 7.19. The molecule has 2 aliphatic rings. The lowest BCUT2D eigenvalue weighted by Crippen LogP contribution is -2.57. The summed E-state index contributed by atoms with van der Waals surface area (Å²) in [5, 5.41) is 10.6. The molecule has 3 atom stereocenters. The third kappa shape index (κ3) is 8.82. The van der Waals surface area contributed by atoms with E-state index in [0.29, 0.717) is 36.1 Å². The number of halogens is 2. The first-order valence-corrected chi connectivity index (χ1v) is 15.6. The minimum atomic E-state index is -0.426. The van der Waals surface area contributed by atoms with E-state index in [1.165, 1.54) is 5.57 Å². The number of hydrogen-bond donors (Lipinski definition) is 3. The molecule has 2 heterocycles. The van der Waals surface area contributed by atoms with Crippen molar-refractivity contribution in [1.29, 1.82) is 0 Å². The zero-order valence-electron chi connectivity index (χ0n) is 25.5. The van der Waals surface area contributed by atoms with Gasteiger partial charge in [-0.15, -0.1) is 0 Å². The highest BCUT2D eigenvalue weighted by molar-refractivity contribution is 6.30. The van der Waals surface area contributed by atoms with Crippen LogP contribution in [0.2, 0.25) is 10.0 Å². The molecular weight excluding hydrogens is 579 g/mol. The van der Waals surface area contributed by atoms with Gasteiger partial charge in [0.2, 0.25) is 5.91 Å². The number of carbonyl (C=O) groups is 1. The number of nitrogens with zero attached hydrogens (tertiary/aromatic N) is 3. The van der Waals surface area contributed by atoms with E-state index in [-0.39, 0.29) is 18.1 Å². The van der Waals surface area contributed by atoms with Crippen molar-refractivity contribution in [2.45, 2.75) is 38.0 Å². The van der Waals surface area contributed by atoms with Crippen LogP contribution in [0.25, 0.3) is 0 Å². The Labute approximate surface area is 266 Å². The second-order valence-electron chi connectivity index (χ2n) is 11.2. The molecule has 3 N–H and O–H groups in total. The van der Waals surface area contributed by atoms with E-state index < -0.39 is 6.04 Å². The first-order valence-electron chi connectivity index (χ1n) is 14.8. The molecule has 0 saturated carbocycles. The van der Waals surface area contributed by atoms with Gasteiger partial charge in [-0.05, 0) is 59.9 Å². The molecule has 0 aliphatic carbocycles. The van der Waals surface area contributed by atoms with Crippen LogP contribution >= 0.6 is 23.2 Å². The molecule has 4 rings (SSSR count). The summed E-state index contributed by atoms with van der Waals surface area (Å²) in [6, 6.07) is 15.3. The summed E-state index contributed by atoms with van der Waals surface area (Å²) in [5.74, 6) is 0.0969. The van der Waals surface area contributed by atoms with Crippen molar-refractivity contribution in [2.75, 3.05) is 46.8 Å². The maximum Gasteiger partial charge on any atom is 0.245 e. The molecule has 3 unspecified atom stereocenters. The summed E-state index contributed by atoms with van der Waals surface area (Å²) in [7, 11) is 3.98. The normalized spacial score (nSPS) is 19.7. The molecule has 9 heteroatoms. The highest BCUT2D eigenvalue weighted by Crippen LogP contribution is 2.25. The van der Waals surface area contributed by atoms with Crippen LogP contribution in [-0.2, 0) is 11.2 Å². The second kappa shape index (κ2) is 15.7. The fourth-order valence-electron chi connectivity index (χ4n) is 5.73. The Bertz CT molecular complexity index is 1310. The van der Waals surface area contributed by atoms with Crippen LogP contribution in [0.15, 0.2) is 96.8 Å². The van der Waals surface area contributed by atoms with Crippen LogP contribution in [0, 0.1) is 0 Å². The van der Waals surface area contributed by atoms with Gasteiger partial charge in [0.15, 0.2) is 0 Å². The number of hydrogen-bond acceptors (Lipinski definition) is 6. The van der Waals surface area contributed by atoms with Crippen molar-refractivity contribution >= 4 is 29.1 Å². The van der Waals surface area contributed by atoms with Crippen molar-refractivity contribution in [3.8, 4) is 0 Å². The zero-order valence-corrected chi connectivity index (χ0v) is 27.0. The third-order valence-electron chi connectivity index (χ3n) is 8.10. The summed E-state index contributed by atoms with van der Waals surface area (Å²) < 4.78 is 0. The SMILES string of the molecule is C=CC1=C(C=C)CC(C(=CC)NC(Cc2ccc(Cl)cc2)C(=O)N2CCN(C(NN(C)C)c3ccc(Cl)cc3)CC2)NC1. The number of nitrogens with one attached hydrogen (secondary N) is 3. The van der Waals surface area contributed by atoms with Crippen LogP contribution in [0.1, 0.15) is 30.6 Å². The lowest BCUT2D eigenvalue weighted by atomic mass is 9.93. The maximum atomic E-state index is 14.2. The molecule has 0 spiro atoms. The molecule has 1 amide bonds. The van der Waals surface area contributed by atoms with Gasteiger partial charge in [-0.2, -0.15) is 0 Å². The third-order valence-corrected chi connectivity index (χ3v) is 8.61. The summed E-state index contributed by atoms with van der Waals surface area (Å²) >= 11 is 12.3. The Morgan fingerprint density at radius 1 is 1.00 bits per heavy atom. The molecule has 0 radical (unpaired) electrons. The van der Waals surface area contributed by atoms with Gasteiger partial charge in [0.25, 0.3) is 0 Å². The number of piperazine rings is 1. The average Bonchev–Trinajstić information content (AvgIpc) is 3.02. The van der Waals surface area contributed by atoms with Crippen LogP contribution in [0.5, 0.6) is 0 Å². The van der Waals surface area contributed by atoms with E-state index >= 15 is 0 Å². The molecule has 7 nitrogen and oxygen atoms in total. The number of amides is 1. The van der Waals surface area contributed by atoms with E-state index in [4.69, 9.17) is 23.2 Å². The molecule has 0 aromatic heterocycles. The fourth-order valence-corrected chi connectivity index (χ4v) is 5.98. The van der Waals surface area contributed by atoms with Crippen molar-refractivity contribution in [3.63, 3.8) is 0 Å². The van der Waals surface area contributed by atoms with Crippen molar-refractivity contribution in [1.82, 2.24) is 30.9 Å². The quantitative estimate of drug-likeness (QED) is 0.278. The fraction of sp³-hybridized carbons (Fsp3) is 0.382. The van der Waals surface area contributed by atoms with E-state index in [0.717, 1.165) is 41.9 Å². The zero-order chi connectivity index (χ0) is 30.9. The number of carbonyl (C=O) groups excluding carboxylic acids is 1. The lowest BCUT2D eigenvalue weighted by Gasteiger charge is -2.42. The van der Waals surface area contributed by atoms with Crippen molar-refractivity contribution in [3.05, 3.63) is 118 Å². The average molecular weight is 624 g/mol. The van der Waals surface area contributed by atoms with Crippen LogP contribution in [0.3, 0.4) is 0 Å². The Balaban J connectivity index is 1.50. The Morgan fingerprint density at radius 3 is 2.16 bits per heavy atom. The highest BCUT2D eigenvalue weighted by Gasteiger charge is 2.32. The Hall–Kier alpha value is -2.91. The highest BCUT2D eigenvalue weighted by atomic mass is 35.5. The van der Waals surface area contributed by atoms with Crippen LogP contribution < -0.4 is 16.1 Å². The van der Waals surface area contributed by atoms with Gasteiger partial charge in [0.05, 0.1) is 12.2 Å². The number of benzene rings is 2. The molecule has 2 aliphatic heterocycles. The second-order valence-corrected chi connectivity index (χ2v) is 12.1. The van der Waals surface area contributed by atoms with E-state index in [1.54, 1.807) is 0 Å². The summed E-state index contributed by atoms with van der Waals surface area (Å²) in [6.45, 7) is 13.4. The monoisotopic (exact) mass is 622 g/mol. The molecule has 2 aromatic rings. The van der Waals surface area contributed by atoms with E-state index in [9.17, 15) is 4.79 Å². The topological polar surface area (TPSA) is 62.9 Å². The van der Waals surface area contributed by atoms with Gasteiger partial charge < -0.3 is 15.5 Å². The van der Waals surface area contributed by atoms with E-state index in [2.05, 4.69) is 52.3 Å². The molecule has 1 saturated heterocycles. The molecular formula is C34H44Cl2N6O. The van der Waals surface area contributed by atoms with E-state index in [1.807, 2.05) is 79.5 Å². The minimum absolute atomic E-state index is 0.0212. The predicted molar refractivity (Wildman–Crippen MR) is 179 cm³/mol. The molecule has 2 aromatic carbocycles. The van der Waals surface area contributed by atoms with Crippen molar-refractivity contribution < 1.29 is 4.79 Å². The van der Waals surface area contributed by atoms with Gasteiger partial charge in [-0.3, -0.25) is 9.69 Å². The summed E-state index contributed by atoms with van der Waals surface area (Å²) in [5.41, 5.74) is 9.06. The number of rotatable bonds is 12. The van der Waals surface area contributed by atoms with Gasteiger partial charge in [-0.25, -0.2) is 10.4 Å². The predicted octanol–water partition coefficient (Wildman–Crippen LogP) is 5.34. The van der Waals surface area contributed by atoms with Gasteiger partial charge in [0, 0.05) is 69.0 Å². The standard InChI is InChI=1S/C34H44Cl2N6O/c1-6-25-22-31(37-23-26(25)7-2)30(8-3)38-32(21-24-9-13-28(35)14-10-24)34(43)42-19-17-41(18-20-42)33(39-40(4)5)27-11-15-29(36)16-12-27/h6-16,31-33,37-39H,1-2,17-23H2,3-5H3. The Morgan fingerprint density at radius 2 is 1.60 bits per heavy atom. The molecule has 230 valence electrons. The lowest BCUT2D eigenvalue weighted by molar-refractivity contribution is -0.135. The number of allylic oxidation sites excluding steroid dienone is 2. The smallest absolute Gasteiger partial charge is 0.245 e. The molecule has 0 bridgehead atoms. The van der Waals surface area contributed by atoms with Gasteiger partial charge in [-0.1, -0.05) is 78.9 Å². The molecule has 1 fully saturated rings. The maximum absolute atomic E-state index is 14.2.